The Balaban J connectivity index is 2.40. The van der Waals surface area contributed by atoms with E-state index in [0.29, 0.717) is 12.4 Å². The summed E-state index contributed by atoms with van der Waals surface area (Å²) in [5.41, 5.74) is 6.28. The molecule has 0 atom stereocenters. The van der Waals surface area contributed by atoms with Crippen molar-refractivity contribution in [1.82, 2.24) is 9.55 Å². The van der Waals surface area contributed by atoms with Crippen molar-refractivity contribution in [3.63, 3.8) is 0 Å². The van der Waals surface area contributed by atoms with Gasteiger partial charge in [-0.25, -0.2) is 4.79 Å². The van der Waals surface area contributed by atoms with Crippen LogP contribution in [-0.4, -0.2) is 16.7 Å². The Labute approximate surface area is 101 Å². The molecule has 0 aromatic carbocycles. The largest absolute Gasteiger partial charge is 0.481 e. The van der Waals surface area contributed by atoms with Crippen LogP contribution in [0.15, 0.2) is 10.9 Å². The third-order valence-corrected chi connectivity index (χ3v) is 3.37. The average molecular weight is 237 g/mol. The first-order valence-electron chi connectivity index (χ1n) is 6.12. The first-order valence-corrected chi connectivity index (χ1v) is 6.12. The van der Waals surface area contributed by atoms with Gasteiger partial charge in [-0.05, 0) is 12.8 Å². The molecule has 0 bridgehead atoms. The first kappa shape index (κ1) is 12.1. The van der Waals surface area contributed by atoms with Crippen LogP contribution in [0.1, 0.15) is 43.8 Å². The Bertz CT molecular complexity index is 436. The van der Waals surface area contributed by atoms with Gasteiger partial charge in [-0.2, -0.15) is 4.98 Å². The van der Waals surface area contributed by atoms with E-state index in [9.17, 15) is 4.79 Å². The monoisotopic (exact) mass is 237 g/mol. The summed E-state index contributed by atoms with van der Waals surface area (Å²) in [4.78, 5) is 15.9. The van der Waals surface area contributed by atoms with Gasteiger partial charge in [0.25, 0.3) is 0 Å². The SMILES string of the molecule is COc1cc(CN)n(C2CCCCC2)c(=O)n1. The minimum atomic E-state index is -0.239. The van der Waals surface area contributed by atoms with Crippen LogP contribution in [0.25, 0.3) is 0 Å². The molecule has 0 unspecified atom stereocenters. The fraction of sp³-hybridized carbons (Fsp3) is 0.667. The van der Waals surface area contributed by atoms with E-state index in [1.165, 1.54) is 26.4 Å². The summed E-state index contributed by atoms with van der Waals surface area (Å²) < 4.78 is 6.75. The van der Waals surface area contributed by atoms with E-state index >= 15 is 0 Å². The zero-order valence-electron chi connectivity index (χ0n) is 10.2. The lowest BCUT2D eigenvalue weighted by atomic mass is 9.95. The fourth-order valence-corrected chi connectivity index (χ4v) is 2.51. The molecule has 1 saturated carbocycles. The van der Waals surface area contributed by atoms with Crippen molar-refractivity contribution in [1.29, 1.82) is 0 Å². The molecule has 2 N–H and O–H groups in total. The highest BCUT2D eigenvalue weighted by Crippen LogP contribution is 2.28. The normalized spacial score (nSPS) is 17.1. The molecule has 1 heterocycles. The summed E-state index contributed by atoms with van der Waals surface area (Å²) in [6.07, 6.45) is 5.69. The summed E-state index contributed by atoms with van der Waals surface area (Å²) >= 11 is 0. The summed E-state index contributed by atoms with van der Waals surface area (Å²) in [5.74, 6) is 0.350. The van der Waals surface area contributed by atoms with Gasteiger partial charge in [-0.15, -0.1) is 0 Å². The van der Waals surface area contributed by atoms with Gasteiger partial charge < -0.3 is 10.5 Å². The third kappa shape index (κ3) is 2.49. The van der Waals surface area contributed by atoms with Crippen LogP contribution >= 0.6 is 0 Å². The molecule has 0 saturated heterocycles. The molecule has 5 nitrogen and oxygen atoms in total. The zero-order valence-corrected chi connectivity index (χ0v) is 10.2. The van der Waals surface area contributed by atoms with Crippen LogP contribution in [0.4, 0.5) is 0 Å². The van der Waals surface area contributed by atoms with Gasteiger partial charge in [0, 0.05) is 24.3 Å². The molecule has 1 aromatic rings. The lowest BCUT2D eigenvalue weighted by Gasteiger charge is -2.25. The third-order valence-electron chi connectivity index (χ3n) is 3.37. The Morgan fingerprint density at radius 1 is 1.47 bits per heavy atom. The molecule has 1 aliphatic rings. The maximum atomic E-state index is 12.0. The molecule has 0 amide bonds. The van der Waals surface area contributed by atoms with Crippen LogP contribution in [0.5, 0.6) is 5.88 Å². The van der Waals surface area contributed by atoms with E-state index in [4.69, 9.17) is 10.5 Å². The number of methoxy groups -OCH3 is 1. The molecule has 0 radical (unpaired) electrons. The lowest BCUT2D eigenvalue weighted by Crippen LogP contribution is -2.32. The van der Waals surface area contributed by atoms with E-state index in [1.807, 2.05) is 0 Å². The van der Waals surface area contributed by atoms with Gasteiger partial charge in [0.2, 0.25) is 5.88 Å². The van der Waals surface area contributed by atoms with E-state index in [1.54, 1.807) is 10.6 Å². The molecule has 1 aliphatic carbocycles. The Morgan fingerprint density at radius 2 is 2.18 bits per heavy atom. The molecule has 94 valence electrons. The zero-order chi connectivity index (χ0) is 12.3. The number of nitrogens with two attached hydrogens (primary N) is 1. The van der Waals surface area contributed by atoms with E-state index in [-0.39, 0.29) is 11.7 Å². The molecule has 5 heteroatoms. The minimum absolute atomic E-state index is 0.239. The maximum Gasteiger partial charge on any atom is 0.351 e. The van der Waals surface area contributed by atoms with Crippen molar-refractivity contribution in [2.45, 2.75) is 44.7 Å². The quantitative estimate of drug-likeness (QED) is 0.858. The van der Waals surface area contributed by atoms with Gasteiger partial charge in [0.1, 0.15) is 0 Å². The van der Waals surface area contributed by atoms with Crippen molar-refractivity contribution in [2.24, 2.45) is 5.73 Å². The molecule has 0 spiro atoms. The number of nitrogens with zero attached hydrogens (tertiary/aromatic N) is 2. The van der Waals surface area contributed by atoms with Crippen molar-refractivity contribution in [2.75, 3.05) is 7.11 Å². The van der Waals surface area contributed by atoms with Crippen LogP contribution in [-0.2, 0) is 6.54 Å². The van der Waals surface area contributed by atoms with E-state index < -0.39 is 0 Å². The predicted molar refractivity (Wildman–Crippen MR) is 65.1 cm³/mol. The molecule has 1 fully saturated rings. The average Bonchev–Trinajstić information content (AvgIpc) is 2.38. The topological polar surface area (TPSA) is 70.1 Å². The molecule has 1 aromatic heterocycles. The van der Waals surface area contributed by atoms with Crippen LogP contribution < -0.4 is 16.2 Å². The number of aromatic nitrogens is 2. The van der Waals surface area contributed by atoms with E-state index in [2.05, 4.69) is 4.98 Å². The van der Waals surface area contributed by atoms with Crippen LogP contribution in [0, 0.1) is 0 Å². The summed E-state index contributed by atoms with van der Waals surface area (Å²) in [7, 11) is 1.51. The van der Waals surface area contributed by atoms with Gasteiger partial charge in [0.05, 0.1) is 7.11 Å². The molecule has 17 heavy (non-hydrogen) atoms. The number of hydrogen-bond acceptors (Lipinski definition) is 4. The Morgan fingerprint density at radius 3 is 2.76 bits per heavy atom. The number of ether oxygens (including phenoxy) is 1. The highest BCUT2D eigenvalue weighted by Gasteiger charge is 2.19. The second-order valence-corrected chi connectivity index (χ2v) is 4.44. The Hall–Kier alpha value is -1.36. The van der Waals surface area contributed by atoms with Gasteiger partial charge >= 0.3 is 5.69 Å². The van der Waals surface area contributed by atoms with E-state index in [0.717, 1.165) is 18.5 Å². The molecular weight excluding hydrogens is 218 g/mol. The summed E-state index contributed by atoms with van der Waals surface area (Å²) in [5, 5.41) is 0. The molecular formula is C12H19N3O2. The second-order valence-electron chi connectivity index (χ2n) is 4.44. The van der Waals surface area contributed by atoms with Crippen LogP contribution in [0.2, 0.25) is 0 Å². The van der Waals surface area contributed by atoms with Gasteiger partial charge in [0.15, 0.2) is 0 Å². The van der Waals surface area contributed by atoms with Crippen molar-refractivity contribution in [3.8, 4) is 5.88 Å². The second kappa shape index (κ2) is 5.31. The number of hydrogen-bond donors (Lipinski definition) is 1. The molecule has 0 aliphatic heterocycles. The van der Waals surface area contributed by atoms with Crippen LogP contribution in [0.3, 0.4) is 0 Å². The first-order chi connectivity index (χ1) is 8.26. The van der Waals surface area contributed by atoms with Crippen molar-refractivity contribution >= 4 is 0 Å². The predicted octanol–water partition coefficient (Wildman–Crippen LogP) is 1.22. The van der Waals surface area contributed by atoms with Crippen molar-refractivity contribution in [3.05, 3.63) is 22.2 Å². The summed E-state index contributed by atoms with van der Waals surface area (Å²) in [6.45, 7) is 0.338. The lowest BCUT2D eigenvalue weighted by molar-refractivity contribution is 0.327. The smallest absolute Gasteiger partial charge is 0.351 e. The highest BCUT2D eigenvalue weighted by molar-refractivity contribution is 5.15. The number of rotatable bonds is 3. The summed E-state index contributed by atoms with van der Waals surface area (Å²) in [6, 6.07) is 2.02. The van der Waals surface area contributed by atoms with Gasteiger partial charge in [-0.1, -0.05) is 19.3 Å². The minimum Gasteiger partial charge on any atom is -0.481 e. The maximum absolute atomic E-state index is 12.0. The van der Waals surface area contributed by atoms with Crippen molar-refractivity contribution < 1.29 is 4.74 Å². The van der Waals surface area contributed by atoms with Gasteiger partial charge in [-0.3, -0.25) is 4.57 Å². The highest BCUT2D eigenvalue weighted by atomic mass is 16.5. The Kier molecular flexibility index (Phi) is 3.78. The fourth-order valence-electron chi connectivity index (χ4n) is 2.51. The standard InChI is InChI=1S/C12H19N3O2/c1-17-11-7-10(8-13)15(12(16)14-11)9-5-3-2-4-6-9/h7,9H,2-6,8,13H2,1H3. The molecule has 2 rings (SSSR count).